The number of hydrogen-bond acceptors (Lipinski definition) is 4. The van der Waals surface area contributed by atoms with E-state index in [4.69, 9.17) is 5.10 Å². The van der Waals surface area contributed by atoms with Gasteiger partial charge in [0.25, 0.3) is 5.91 Å². The minimum Gasteiger partial charge on any atom is -0.338 e. The van der Waals surface area contributed by atoms with Crippen LogP contribution >= 0.6 is 11.3 Å². The van der Waals surface area contributed by atoms with Crippen LogP contribution in [0.2, 0.25) is 0 Å². The van der Waals surface area contributed by atoms with Gasteiger partial charge in [0.1, 0.15) is 5.69 Å². The van der Waals surface area contributed by atoms with Crippen LogP contribution in [-0.2, 0) is 0 Å². The predicted molar refractivity (Wildman–Crippen MR) is 105 cm³/mol. The topological polar surface area (TPSA) is 50.2 Å². The Morgan fingerprint density at radius 2 is 2.12 bits per heavy atom. The highest BCUT2D eigenvalue weighted by Crippen LogP contribution is 2.30. The molecule has 3 aromatic rings. The van der Waals surface area contributed by atoms with Crippen molar-refractivity contribution in [2.24, 2.45) is 5.92 Å². The highest BCUT2D eigenvalue weighted by molar-refractivity contribution is 7.13. The molecule has 3 heterocycles. The maximum Gasteiger partial charge on any atom is 0.257 e. The highest BCUT2D eigenvalue weighted by Gasteiger charge is 2.29. The third-order valence-electron chi connectivity index (χ3n) is 4.79. The zero-order valence-electron chi connectivity index (χ0n) is 14.8. The monoisotopic (exact) mass is 366 g/mol. The molecule has 1 aromatic carbocycles. The minimum absolute atomic E-state index is 0.0779. The maximum absolute atomic E-state index is 13.2. The van der Waals surface area contributed by atoms with E-state index in [1.807, 2.05) is 70.7 Å². The fourth-order valence-corrected chi connectivity index (χ4v) is 4.20. The Bertz CT molecular complexity index is 873. The summed E-state index contributed by atoms with van der Waals surface area (Å²) >= 11 is 1.61. The average Bonchev–Trinajstić information content (AvgIpc) is 3.42. The lowest BCUT2D eigenvalue weighted by atomic mass is 10.1. The van der Waals surface area contributed by atoms with Gasteiger partial charge in [0.2, 0.25) is 0 Å². The molecule has 1 aliphatic rings. The summed E-state index contributed by atoms with van der Waals surface area (Å²) in [6.45, 7) is 2.57. The van der Waals surface area contributed by atoms with E-state index in [9.17, 15) is 4.79 Å². The van der Waals surface area contributed by atoms with Crippen LogP contribution in [0, 0.1) is 5.92 Å². The number of aromatic nitrogens is 2. The molecule has 0 radical (unpaired) electrons. The summed E-state index contributed by atoms with van der Waals surface area (Å²) < 4.78 is 1.81. The van der Waals surface area contributed by atoms with Gasteiger partial charge in [0, 0.05) is 19.3 Å². The van der Waals surface area contributed by atoms with Gasteiger partial charge in [-0.2, -0.15) is 5.10 Å². The molecule has 1 saturated heterocycles. The minimum atomic E-state index is 0.0779. The number of para-hydroxylation sites is 1. The third kappa shape index (κ3) is 3.30. The summed E-state index contributed by atoms with van der Waals surface area (Å²) in [5.74, 6) is 0.604. The van der Waals surface area contributed by atoms with E-state index in [1.165, 1.54) is 0 Å². The first-order chi connectivity index (χ1) is 12.8. The molecule has 0 bridgehead atoms. The molecule has 1 amide bonds. The standard InChI is InChI=1S/C20H22N4OS/c1-21-12-15-9-10-23(13-15)20(25)17-14-24(16-6-3-2-4-7-16)22-19(17)18-8-5-11-26-18/h2-8,11,14-15,21H,9-10,12-13H2,1H3. The maximum atomic E-state index is 13.2. The molecular weight excluding hydrogens is 344 g/mol. The number of amides is 1. The van der Waals surface area contributed by atoms with E-state index < -0.39 is 0 Å². The van der Waals surface area contributed by atoms with Gasteiger partial charge in [-0.1, -0.05) is 24.3 Å². The van der Waals surface area contributed by atoms with Crippen molar-refractivity contribution >= 4 is 17.2 Å². The molecule has 1 fully saturated rings. The number of nitrogens with zero attached hydrogens (tertiary/aromatic N) is 3. The van der Waals surface area contributed by atoms with Gasteiger partial charge in [-0.15, -0.1) is 11.3 Å². The second kappa shape index (κ2) is 7.43. The lowest BCUT2D eigenvalue weighted by Crippen LogP contribution is -2.30. The number of benzene rings is 1. The zero-order valence-corrected chi connectivity index (χ0v) is 15.6. The van der Waals surface area contributed by atoms with Crippen LogP contribution in [0.1, 0.15) is 16.8 Å². The second-order valence-corrected chi connectivity index (χ2v) is 7.56. The molecule has 1 N–H and O–H groups in total. The molecular formula is C20H22N4OS. The summed E-state index contributed by atoms with van der Waals surface area (Å²) in [6, 6.07) is 13.9. The van der Waals surface area contributed by atoms with Crippen molar-refractivity contribution in [3.05, 3.63) is 59.6 Å². The Balaban J connectivity index is 1.68. The van der Waals surface area contributed by atoms with Gasteiger partial charge in [-0.3, -0.25) is 4.79 Å². The molecule has 2 aromatic heterocycles. The Labute approximate surface area is 157 Å². The van der Waals surface area contributed by atoms with E-state index in [1.54, 1.807) is 11.3 Å². The Hall–Kier alpha value is -2.44. The van der Waals surface area contributed by atoms with E-state index >= 15 is 0 Å². The Kier molecular flexibility index (Phi) is 4.86. The van der Waals surface area contributed by atoms with Crippen LogP contribution in [0.5, 0.6) is 0 Å². The first-order valence-electron chi connectivity index (χ1n) is 8.89. The van der Waals surface area contributed by atoms with Gasteiger partial charge < -0.3 is 10.2 Å². The zero-order chi connectivity index (χ0) is 17.9. The number of thiophene rings is 1. The van der Waals surface area contributed by atoms with Crippen molar-refractivity contribution in [2.45, 2.75) is 6.42 Å². The van der Waals surface area contributed by atoms with Gasteiger partial charge in [-0.25, -0.2) is 4.68 Å². The second-order valence-electron chi connectivity index (χ2n) is 6.61. The quantitative estimate of drug-likeness (QED) is 0.754. The van der Waals surface area contributed by atoms with E-state index in [0.717, 1.165) is 42.3 Å². The van der Waals surface area contributed by atoms with Crippen molar-refractivity contribution in [2.75, 3.05) is 26.7 Å². The van der Waals surface area contributed by atoms with E-state index in [0.29, 0.717) is 11.5 Å². The third-order valence-corrected chi connectivity index (χ3v) is 5.66. The molecule has 0 aliphatic carbocycles. The van der Waals surface area contributed by atoms with Crippen molar-refractivity contribution in [1.29, 1.82) is 0 Å². The molecule has 1 unspecified atom stereocenters. The largest absolute Gasteiger partial charge is 0.338 e. The number of carbonyl (C=O) groups is 1. The summed E-state index contributed by atoms with van der Waals surface area (Å²) in [4.78, 5) is 16.2. The van der Waals surface area contributed by atoms with E-state index in [-0.39, 0.29) is 5.91 Å². The van der Waals surface area contributed by atoms with E-state index in [2.05, 4.69) is 5.32 Å². The van der Waals surface area contributed by atoms with Gasteiger partial charge in [0.15, 0.2) is 0 Å². The number of likely N-dealkylation sites (tertiary alicyclic amines) is 1. The number of hydrogen-bond donors (Lipinski definition) is 1. The molecule has 134 valence electrons. The fraction of sp³-hybridized carbons (Fsp3) is 0.300. The van der Waals surface area contributed by atoms with Crippen LogP contribution in [0.4, 0.5) is 0 Å². The Morgan fingerprint density at radius 3 is 2.85 bits per heavy atom. The van der Waals surface area contributed by atoms with Crippen molar-refractivity contribution in [1.82, 2.24) is 20.0 Å². The molecule has 6 heteroatoms. The molecule has 1 atom stereocenters. The molecule has 1 aliphatic heterocycles. The smallest absolute Gasteiger partial charge is 0.257 e. The van der Waals surface area contributed by atoms with Crippen molar-refractivity contribution in [3.8, 4) is 16.3 Å². The van der Waals surface area contributed by atoms with Gasteiger partial charge in [0.05, 0.1) is 16.1 Å². The summed E-state index contributed by atoms with van der Waals surface area (Å²) in [7, 11) is 1.96. The van der Waals surface area contributed by atoms with Gasteiger partial charge >= 0.3 is 0 Å². The first-order valence-corrected chi connectivity index (χ1v) is 9.77. The average molecular weight is 366 g/mol. The fourth-order valence-electron chi connectivity index (χ4n) is 3.48. The summed E-state index contributed by atoms with van der Waals surface area (Å²) in [5, 5.41) is 9.97. The SMILES string of the molecule is CNCC1CCN(C(=O)c2cn(-c3ccccc3)nc2-c2cccs2)C1. The van der Waals surface area contributed by atoms with Crippen LogP contribution in [-0.4, -0.2) is 47.3 Å². The molecule has 26 heavy (non-hydrogen) atoms. The predicted octanol–water partition coefficient (Wildman–Crippen LogP) is 3.28. The first kappa shape index (κ1) is 17.0. The Morgan fingerprint density at radius 1 is 1.27 bits per heavy atom. The van der Waals surface area contributed by atoms with Crippen molar-refractivity contribution in [3.63, 3.8) is 0 Å². The molecule has 4 rings (SSSR count). The lowest BCUT2D eigenvalue weighted by Gasteiger charge is -2.16. The van der Waals surface area contributed by atoms with Crippen molar-refractivity contribution < 1.29 is 4.79 Å². The normalized spacial score (nSPS) is 17.0. The lowest BCUT2D eigenvalue weighted by molar-refractivity contribution is 0.0788. The van der Waals surface area contributed by atoms with Gasteiger partial charge in [-0.05, 0) is 49.5 Å². The molecule has 0 spiro atoms. The number of nitrogens with one attached hydrogen (secondary N) is 1. The van der Waals surface area contributed by atoms with Crippen LogP contribution < -0.4 is 5.32 Å². The highest BCUT2D eigenvalue weighted by atomic mass is 32.1. The van der Waals surface area contributed by atoms with Crippen LogP contribution in [0.3, 0.4) is 0 Å². The van der Waals surface area contributed by atoms with Crippen LogP contribution in [0.15, 0.2) is 54.0 Å². The number of carbonyl (C=O) groups excluding carboxylic acids is 1. The van der Waals surface area contributed by atoms with Crippen LogP contribution in [0.25, 0.3) is 16.3 Å². The number of rotatable bonds is 5. The summed E-state index contributed by atoms with van der Waals surface area (Å²) in [6.07, 6.45) is 2.92. The molecule has 5 nitrogen and oxygen atoms in total. The molecule has 0 saturated carbocycles. The summed E-state index contributed by atoms with van der Waals surface area (Å²) in [5.41, 5.74) is 2.41.